The van der Waals surface area contributed by atoms with Crippen LogP contribution >= 0.6 is 0 Å². The van der Waals surface area contributed by atoms with E-state index in [1.165, 1.54) is 0 Å². The number of nitrogens with one attached hydrogen (secondary N) is 2. The van der Waals surface area contributed by atoms with Crippen LogP contribution in [-0.2, 0) is 11.2 Å². The van der Waals surface area contributed by atoms with Gasteiger partial charge in [-0.15, -0.1) is 0 Å². The minimum absolute atomic E-state index is 0.168. The van der Waals surface area contributed by atoms with Gasteiger partial charge in [0, 0.05) is 24.3 Å². The van der Waals surface area contributed by atoms with E-state index in [1.54, 1.807) is 13.0 Å². The van der Waals surface area contributed by atoms with Crippen molar-refractivity contribution in [1.29, 1.82) is 0 Å². The lowest BCUT2D eigenvalue weighted by Crippen LogP contribution is -2.33. The summed E-state index contributed by atoms with van der Waals surface area (Å²) in [5.74, 6) is -1.59. The van der Waals surface area contributed by atoms with Crippen LogP contribution in [0.15, 0.2) is 18.2 Å². The van der Waals surface area contributed by atoms with Crippen LogP contribution in [0.25, 0.3) is 0 Å². The molecule has 5 nitrogen and oxygen atoms in total. The molecule has 0 saturated carbocycles. The third-order valence-corrected chi connectivity index (χ3v) is 3.69. The van der Waals surface area contributed by atoms with Crippen molar-refractivity contribution in [3.8, 4) is 0 Å². The highest BCUT2D eigenvalue weighted by Gasteiger charge is 2.20. The van der Waals surface area contributed by atoms with Crippen molar-refractivity contribution in [3.05, 3.63) is 29.3 Å². The number of carboxylic acid groups (broad SMARTS) is 1. The molecule has 0 radical (unpaired) electrons. The van der Waals surface area contributed by atoms with Gasteiger partial charge in [-0.05, 0) is 37.0 Å². The molecule has 5 heteroatoms. The van der Waals surface area contributed by atoms with Crippen molar-refractivity contribution in [2.45, 2.75) is 26.2 Å². The van der Waals surface area contributed by atoms with Gasteiger partial charge >= 0.3 is 5.97 Å². The summed E-state index contributed by atoms with van der Waals surface area (Å²) in [7, 11) is 0. The topological polar surface area (TPSA) is 78.4 Å². The van der Waals surface area contributed by atoms with Gasteiger partial charge in [0.2, 0.25) is 0 Å². The predicted octanol–water partition coefficient (Wildman–Crippen LogP) is 1.89. The van der Waals surface area contributed by atoms with E-state index in [-0.39, 0.29) is 12.5 Å². The Kier molecular flexibility index (Phi) is 4.61. The van der Waals surface area contributed by atoms with E-state index in [4.69, 9.17) is 5.11 Å². The maximum absolute atomic E-state index is 12.2. The van der Waals surface area contributed by atoms with Gasteiger partial charge in [0.25, 0.3) is 5.91 Å². The largest absolute Gasteiger partial charge is 0.481 e. The molecule has 0 aromatic heterocycles. The number of carboxylic acids is 1. The molecule has 0 saturated heterocycles. The number of amides is 1. The summed E-state index contributed by atoms with van der Waals surface area (Å²) in [5.41, 5.74) is 2.68. The Labute approximate surface area is 118 Å². The summed E-state index contributed by atoms with van der Waals surface area (Å²) in [6.07, 6.45) is 2.39. The summed E-state index contributed by atoms with van der Waals surface area (Å²) in [5, 5.41) is 15.0. The van der Waals surface area contributed by atoms with E-state index in [0.29, 0.717) is 12.0 Å². The van der Waals surface area contributed by atoms with Gasteiger partial charge in [0.1, 0.15) is 0 Å². The molecule has 1 aromatic rings. The predicted molar refractivity (Wildman–Crippen MR) is 77.0 cm³/mol. The fourth-order valence-corrected chi connectivity index (χ4v) is 2.44. The van der Waals surface area contributed by atoms with Gasteiger partial charge in [-0.25, -0.2) is 0 Å². The maximum Gasteiger partial charge on any atom is 0.308 e. The van der Waals surface area contributed by atoms with Gasteiger partial charge < -0.3 is 15.7 Å². The molecule has 3 N–H and O–H groups in total. The number of benzene rings is 1. The highest BCUT2D eigenvalue weighted by Crippen LogP contribution is 2.25. The van der Waals surface area contributed by atoms with Crippen LogP contribution in [0.3, 0.4) is 0 Å². The summed E-state index contributed by atoms with van der Waals surface area (Å²) in [6.45, 7) is 2.90. The lowest BCUT2D eigenvalue weighted by atomic mass is 9.97. The average Bonchev–Trinajstić information content (AvgIpc) is 2.46. The molecule has 0 bridgehead atoms. The van der Waals surface area contributed by atoms with E-state index < -0.39 is 11.9 Å². The van der Waals surface area contributed by atoms with Crippen molar-refractivity contribution in [2.24, 2.45) is 5.92 Å². The van der Waals surface area contributed by atoms with Gasteiger partial charge in [-0.2, -0.15) is 0 Å². The molecule has 1 heterocycles. The zero-order valence-corrected chi connectivity index (χ0v) is 11.6. The lowest BCUT2D eigenvalue weighted by molar-refractivity contribution is -0.141. The SMILES string of the molecule is CCC(CNC(=O)c1cccc2c1CCCN2)C(=O)O. The Morgan fingerprint density at radius 3 is 2.95 bits per heavy atom. The van der Waals surface area contributed by atoms with Crippen molar-refractivity contribution in [1.82, 2.24) is 5.32 Å². The van der Waals surface area contributed by atoms with Crippen LogP contribution in [0.1, 0.15) is 35.7 Å². The summed E-state index contributed by atoms with van der Waals surface area (Å²) >= 11 is 0. The average molecular weight is 276 g/mol. The third-order valence-electron chi connectivity index (χ3n) is 3.69. The molecular weight excluding hydrogens is 256 g/mol. The monoisotopic (exact) mass is 276 g/mol. The maximum atomic E-state index is 12.2. The number of carbonyl (C=O) groups is 2. The van der Waals surface area contributed by atoms with Crippen LogP contribution in [-0.4, -0.2) is 30.1 Å². The smallest absolute Gasteiger partial charge is 0.308 e. The molecule has 1 aliphatic rings. The molecule has 0 fully saturated rings. The molecule has 2 rings (SSSR count). The van der Waals surface area contributed by atoms with E-state index in [9.17, 15) is 9.59 Å². The van der Waals surface area contributed by atoms with Gasteiger partial charge in [0.05, 0.1) is 5.92 Å². The van der Waals surface area contributed by atoms with Crippen molar-refractivity contribution in [3.63, 3.8) is 0 Å². The molecular formula is C15H20N2O3. The zero-order valence-electron chi connectivity index (χ0n) is 11.6. The van der Waals surface area contributed by atoms with Crippen LogP contribution in [0.4, 0.5) is 5.69 Å². The van der Waals surface area contributed by atoms with E-state index >= 15 is 0 Å². The van der Waals surface area contributed by atoms with Crippen molar-refractivity contribution < 1.29 is 14.7 Å². The second-order valence-corrected chi connectivity index (χ2v) is 5.02. The number of carbonyl (C=O) groups excluding carboxylic acids is 1. The van der Waals surface area contributed by atoms with Crippen LogP contribution in [0.5, 0.6) is 0 Å². The first-order valence-corrected chi connectivity index (χ1v) is 7.00. The zero-order chi connectivity index (χ0) is 14.5. The molecule has 0 aliphatic carbocycles. The third kappa shape index (κ3) is 3.10. The Morgan fingerprint density at radius 1 is 1.45 bits per heavy atom. The van der Waals surface area contributed by atoms with Crippen molar-refractivity contribution in [2.75, 3.05) is 18.4 Å². The minimum Gasteiger partial charge on any atom is -0.481 e. The van der Waals surface area contributed by atoms with Crippen LogP contribution < -0.4 is 10.6 Å². The Bertz CT molecular complexity index is 514. The summed E-state index contributed by atoms with van der Waals surface area (Å²) in [6, 6.07) is 5.61. The Morgan fingerprint density at radius 2 is 2.25 bits per heavy atom. The fraction of sp³-hybridized carbons (Fsp3) is 0.467. The van der Waals surface area contributed by atoms with E-state index in [2.05, 4.69) is 10.6 Å². The standard InChI is InChI=1S/C15H20N2O3/c1-2-10(15(19)20)9-17-14(18)12-5-3-7-13-11(12)6-4-8-16-13/h3,5,7,10,16H,2,4,6,8-9H2,1H3,(H,17,18)(H,19,20). The number of fused-ring (bicyclic) bond motifs is 1. The molecule has 1 unspecified atom stereocenters. The number of anilines is 1. The number of hydrogen-bond acceptors (Lipinski definition) is 3. The Balaban J connectivity index is 2.08. The molecule has 1 aliphatic heterocycles. The van der Waals surface area contributed by atoms with Crippen LogP contribution in [0.2, 0.25) is 0 Å². The van der Waals surface area contributed by atoms with E-state index in [0.717, 1.165) is 30.6 Å². The second kappa shape index (κ2) is 6.41. The molecule has 108 valence electrons. The lowest BCUT2D eigenvalue weighted by Gasteiger charge is -2.21. The first-order valence-electron chi connectivity index (χ1n) is 7.00. The number of aliphatic carboxylic acids is 1. The highest BCUT2D eigenvalue weighted by molar-refractivity contribution is 5.97. The molecule has 1 atom stereocenters. The number of rotatable bonds is 5. The molecule has 1 aromatic carbocycles. The minimum atomic E-state index is -0.871. The van der Waals surface area contributed by atoms with Crippen molar-refractivity contribution >= 4 is 17.6 Å². The first kappa shape index (κ1) is 14.4. The van der Waals surface area contributed by atoms with Gasteiger partial charge in [0.15, 0.2) is 0 Å². The van der Waals surface area contributed by atoms with E-state index in [1.807, 2.05) is 12.1 Å². The Hall–Kier alpha value is -2.04. The summed E-state index contributed by atoms with van der Waals surface area (Å²) < 4.78 is 0. The fourth-order valence-electron chi connectivity index (χ4n) is 2.44. The molecule has 20 heavy (non-hydrogen) atoms. The molecule has 1 amide bonds. The van der Waals surface area contributed by atoms with Crippen LogP contribution in [0, 0.1) is 5.92 Å². The second-order valence-electron chi connectivity index (χ2n) is 5.02. The van der Waals surface area contributed by atoms with Gasteiger partial charge in [-0.3, -0.25) is 9.59 Å². The quantitative estimate of drug-likeness (QED) is 0.767. The van der Waals surface area contributed by atoms with Gasteiger partial charge in [-0.1, -0.05) is 13.0 Å². The summed E-state index contributed by atoms with van der Waals surface area (Å²) in [4.78, 5) is 23.2. The normalized spacial score (nSPS) is 14.8. The number of hydrogen-bond donors (Lipinski definition) is 3. The highest BCUT2D eigenvalue weighted by atomic mass is 16.4. The molecule has 0 spiro atoms. The first-order chi connectivity index (χ1) is 9.63.